The molecule has 0 radical (unpaired) electrons. The lowest BCUT2D eigenvalue weighted by atomic mass is 9.97. The van der Waals surface area contributed by atoms with Crippen molar-refractivity contribution in [1.82, 2.24) is 16.0 Å². The number of aliphatic imine (C=N–C) groups is 1. The Morgan fingerprint density at radius 1 is 0.939 bits per heavy atom. The molecule has 0 aromatic rings. The highest BCUT2D eigenvalue weighted by Gasteiger charge is 2.32. The molecule has 0 saturated heterocycles. The highest BCUT2D eigenvalue weighted by molar-refractivity contribution is 5.94. The predicted octanol–water partition coefficient (Wildman–Crippen LogP) is -2.40. The van der Waals surface area contributed by atoms with Crippen molar-refractivity contribution in [3.8, 4) is 0 Å². The summed E-state index contributed by atoms with van der Waals surface area (Å²) in [6, 6.07) is -4.51. The molecule has 0 aromatic heterocycles. The zero-order chi connectivity index (χ0) is 25.7. The van der Waals surface area contributed by atoms with Crippen molar-refractivity contribution in [3.05, 3.63) is 0 Å². The average molecular weight is 474 g/mol. The minimum absolute atomic E-state index is 0.0629. The largest absolute Gasteiger partial charge is 0.480 e. The van der Waals surface area contributed by atoms with Gasteiger partial charge in [-0.25, -0.2) is 4.79 Å². The number of nitrogens with one attached hydrogen (secondary N) is 3. The molecule has 0 aliphatic carbocycles. The van der Waals surface area contributed by atoms with E-state index in [0.29, 0.717) is 19.4 Å². The molecule has 13 nitrogen and oxygen atoms in total. The fourth-order valence-electron chi connectivity index (χ4n) is 2.84. The highest BCUT2D eigenvalue weighted by atomic mass is 16.4. The highest BCUT2D eigenvalue weighted by Crippen LogP contribution is 2.10. The van der Waals surface area contributed by atoms with Crippen LogP contribution in [0.1, 0.15) is 47.0 Å². The second kappa shape index (κ2) is 15.0. The van der Waals surface area contributed by atoms with Gasteiger partial charge in [-0.3, -0.25) is 19.4 Å². The molecule has 0 fully saturated rings. The maximum Gasteiger partial charge on any atom is 0.326 e. The van der Waals surface area contributed by atoms with Gasteiger partial charge in [0.15, 0.2) is 5.96 Å². The second-order valence-electron chi connectivity index (χ2n) is 8.24. The molecule has 5 unspecified atom stereocenters. The van der Waals surface area contributed by atoms with Gasteiger partial charge in [-0.15, -0.1) is 0 Å². The Morgan fingerprint density at radius 3 is 1.97 bits per heavy atom. The SMILES string of the molecule is CCC(C)C(NC(=O)C(N)CCCN=C(N)N)C(=O)NC(CO)C(=O)NC(C(=O)O)C(C)C. The van der Waals surface area contributed by atoms with Crippen LogP contribution in [0.2, 0.25) is 0 Å². The van der Waals surface area contributed by atoms with Gasteiger partial charge in [0.05, 0.1) is 12.6 Å². The molecule has 0 saturated carbocycles. The number of guanidine groups is 1. The van der Waals surface area contributed by atoms with E-state index in [-0.39, 0.29) is 18.3 Å². The van der Waals surface area contributed by atoms with Crippen molar-refractivity contribution in [1.29, 1.82) is 0 Å². The summed E-state index contributed by atoms with van der Waals surface area (Å²) < 4.78 is 0. The van der Waals surface area contributed by atoms with E-state index in [2.05, 4.69) is 20.9 Å². The molecule has 0 aromatic carbocycles. The average Bonchev–Trinajstić information content (AvgIpc) is 2.74. The predicted molar refractivity (Wildman–Crippen MR) is 123 cm³/mol. The van der Waals surface area contributed by atoms with Crippen LogP contribution in [0.5, 0.6) is 0 Å². The molecule has 0 spiro atoms. The number of aliphatic carboxylic acids is 1. The van der Waals surface area contributed by atoms with Crippen molar-refractivity contribution in [3.63, 3.8) is 0 Å². The van der Waals surface area contributed by atoms with Crippen molar-refractivity contribution in [2.45, 2.75) is 71.1 Å². The summed E-state index contributed by atoms with van der Waals surface area (Å²) in [7, 11) is 0. The van der Waals surface area contributed by atoms with E-state index in [4.69, 9.17) is 17.2 Å². The third-order valence-corrected chi connectivity index (χ3v) is 5.14. The van der Waals surface area contributed by atoms with E-state index in [9.17, 15) is 29.4 Å². The van der Waals surface area contributed by atoms with Crippen LogP contribution in [0.15, 0.2) is 4.99 Å². The van der Waals surface area contributed by atoms with E-state index in [1.165, 1.54) is 0 Å². The number of aliphatic hydroxyl groups excluding tert-OH is 1. The normalized spacial score (nSPS) is 15.5. The third kappa shape index (κ3) is 11.0. The Labute approximate surface area is 193 Å². The van der Waals surface area contributed by atoms with Crippen molar-refractivity contribution >= 4 is 29.7 Å². The van der Waals surface area contributed by atoms with Crippen LogP contribution in [0, 0.1) is 11.8 Å². The van der Waals surface area contributed by atoms with Crippen LogP contribution in [0.25, 0.3) is 0 Å². The quantitative estimate of drug-likeness (QED) is 0.0717. The van der Waals surface area contributed by atoms with E-state index in [0.717, 1.165) is 0 Å². The van der Waals surface area contributed by atoms with Gasteiger partial charge in [0.25, 0.3) is 0 Å². The summed E-state index contributed by atoms with van der Waals surface area (Å²) in [5.41, 5.74) is 16.4. The minimum Gasteiger partial charge on any atom is -0.480 e. The first-order valence-electron chi connectivity index (χ1n) is 10.9. The number of carboxylic acids is 1. The van der Waals surface area contributed by atoms with Gasteiger partial charge in [-0.05, 0) is 24.7 Å². The Kier molecular flexibility index (Phi) is 13.7. The molecule has 0 aliphatic rings. The van der Waals surface area contributed by atoms with Crippen LogP contribution >= 0.6 is 0 Å². The second-order valence-corrected chi connectivity index (χ2v) is 8.24. The lowest BCUT2D eigenvalue weighted by Gasteiger charge is -2.27. The van der Waals surface area contributed by atoms with Crippen LogP contribution in [-0.4, -0.2) is 77.2 Å². The number of aliphatic hydroxyl groups is 1. The van der Waals surface area contributed by atoms with E-state index >= 15 is 0 Å². The molecule has 0 aliphatic heterocycles. The maximum absolute atomic E-state index is 12.8. The van der Waals surface area contributed by atoms with Crippen LogP contribution in [-0.2, 0) is 19.2 Å². The Hall–Kier alpha value is -2.93. The molecule has 11 N–H and O–H groups in total. The van der Waals surface area contributed by atoms with Gasteiger partial charge in [-0.1, -0.05) is 34.1 Å². The number of nitrogens with zero attached hydrogens (tertiary/aromatic N) is 1. The molecule has 0 heterocycles. The maximum atomic E-state index is 12.8. The summed E-state index contributed by atoms with van der Waals surface area (Å²) in [6.07, 6.45) is 1.27. The molecular weight excluding hydrogens is 434 g/mol. The van der Waals surface area contributed by atoms with E-state index in [1.807, 2.05) is 6.92 Å². The molecule has 33 heavy (non-hydrogen) atoms. The van der Waals surface area contributed by atoms with Gasteiger partial charge in [-0.2, -0.15) is 0 Å². The summed E-state index contributed by atoms with van der Waals surface area (Å²) in [5.74, 6) is -4.13. The summed E-state index contributed by atoms with van der Waals surface area (Å²) in [4.78, 5) is 52.9. The summed E-state index contributed by atoms with van der Waals surface area (Å²) >= 11 is 0. The molecule has 190 valence electrons. The van der Waals surface area contributed by atoms with Gasteiger partial charge in [0, 0.05) is 6.54 Å². The molecular formula is C20H39N7O6. The number of carboxylic acid groups (broad SMARTS) is 1. The number of amides is 3. The van der Waals surface area contributed by atoms with E-state index < -0.39 is 60.4 Å². The minimum atomic E-state index is -1.39. The van der Waals surface area contributed by atoms with Gasteiger partial charge in [0.2, 0.25) is 17.7 Å². The Balaban J connectivity index is 5.19. The standard InChI is InChI=1S/C20H39N7O6/c1-5-11(4)15(27-16(29)12(21)7-6-8-24-20(22)23)18(31)25-13(9-28)17(30)26-14(10(2)3)19(32)33/h10-15,28H,5-9,21H2,1-4H3,(H,25,31)(H,26,30)(H,27,29)(H,32,33)(H4,22,23,24). The molecule has 3 amide bonds. The van der Waals surface area contributed by atoms with Crippen molar-refractivity contribution < 1.29 is 29.4 Å². The lowest BCUT2D eigenvalue weighted by Crippen LogP contribution is -2.59. The number of nitrogens with two attached hydrogens (primary N) is 3. The van der Waals surface area contributed by atoms with Crippen LogP contribution in [0.3, 0.4) is 0 Å². The van der Waals surface area contributed by atoms with Gasteiger partial charge < -0.3 is 43.4 Å². The third-order valence-electron chi connectivity index (χ3n) is 5.14. The van der Waals surface area contributed by atoms with E-state index in [1.54, 1.807) is 20.8 Å². The van der Waals surface area contributed by atoms with Gasteiger partial charge in [0.1, 0.15) is 18.1 Å². The van der Waals surface area contributed by atoms with Crippen molar-refractivity contribution in [2.24, 2.45) is 34.0 Å². The topological polar surface area (TPSA) is 235 Å². The first kappa shape index (κ1) is 30.1. The molecule has 13 heteroatoms. The number of hydrogen-bond donors (Lipinski definition) is 8. The van der Waals surface area contributed by atoms with Gasteiger partial charge >= 0.3 is 5.97 Å². The summed E-state index contributed by atoms with van der Waals surface area (Å²) in [5, 5.41) is 26.1. The zero-order valence-electron chi connectivity index (χ0n) is 19.7. The molecule has 0 rings (SSSR count). The number of carbonyl (C=O) groups excluding carboxylic acids is 3. The Bertz CT molecular complexity index is 696. The molecule has 5 atom stereocenters. The monoisotopic (exact) mass is 473 g/mol. The fourth-order valence-corrected chi connectivity index (χ4v) is 2.84. The first-order valence-corrected chi connectivity index (χ1v) is 10.9. The number of rotatable bonds is 15. The number of carbonyl (C=O) groups is 4. The first-order chi connectivity index (χ1) is 15.3. The van der Waals surface area contributed by atoms with Crippen LogP contribution < -0.4 is 33.2 Å². The summed E-state index contributed by atoms with van der Waals surface area (Å²) in [6.45, 7) is 6.33. The Morgan fingerprint density at radius 2 is 1.52 bits per heavy atom. The molecule has 0 bridgehead atoms. The lowest BCUT2D eigenvalue weighted by molar-refractivity contribution is -0.144. The van der Waals surface area contributed by atoms with Crippen molar-refractivity contribution in [2.75, 3.05) is 13.2 Å². The fraction of sp³-hybridized carbons (Fsp3) is 0.750. The smallest absolute Gasteiger partial charge is 0.326 e. The number of hydrogen-bond acceptors (Lipinski definition) is 7. The van der Waals surface area contributed by atoms with Crippen LogP contribution in [0.4, 0.5) is 0 Å². The zero-order valence-corrected chi connectivity index (χ0v) is 19.7.